The molecule has 1 aliphatic carbocycles. The summed E-state index contributed by atoms with van der Waals surface area (Å²) in [6.45, 7) is 3.43. The summed E-state index contributed by atoms with van der Waals surface area (Å²) in [6.07, 6.45) is 1.56. The highest BCUT2D eigenvalue weighted by molar-refractivity contribution is 6.03. The molecular formula is C19H19F2NO3. The normalized spacial score (nSPS) is 20.3. The number of hydrogen-bond donors (Lipinski definition) is 1. The molecule has 1 atom stereocenters. The van der Waals surface area contributed by atoms with Gasteiger partial charge in [0.2, 0.25) is 0 Å². The number of halogens is 2. The zero-order valence-electron chi connectivity index (χ0n) is 14.1. The van der Waals surface area contributed by atoms with Crippen LogP contribution < -0.4 is 5.32 Å². The van der Waals surface area contributed by atoms with Crippen LogP contribution in [-0.4, -0.2) is 18.4 Å². The largest absolute Gasteiger partial charge is 0.463 e. The molecule has 0 bridgehead atoms. The Morgan fingerprint density at radius 1 is 1.28 bits per heavy atom. The third-order valence-electron chi connectivity index (χ3n) is 4.56. The Balaban J connectivity index is 2.25. The number of hydrogen-bond acceptors (Lipinski definition) is 4. The molecule has 1 heterocycles. The third kappa shape index (κ3) is 2.97. The van der Waals surface area contributed by atoms with E-state index in [0.717, 1.165) is 12.1 Å². The Morgan fingerprint density at radius 3 is 2.60 bits per heavy atom. The predicted molar refractivity (Wildman–Crippen MR) is 87.5 cm³/mol. The summed E-state index contributed by atoms with van der Waals surface area (Å²) in [4.78, 5) is 25.0. The lowest BCUT2D eigenvalue weighted by Gasteiger charge is -2.34. The molecule has 3 rings (SSSR count). The van der Waals surface area contributed by atoms with Gasteiger partial charge in [0.25, 0.3) is 0 Å². The molecule has 25 heavy (non-hydrogen) atoms. The zero-order valence-corrected chi connectivity index (χ0v) is 14.1. The lowest BCUT2D eigenvalue weighted by atomic mass is 9.75. The van der Waals surface area contributed by atoms with Crippen LogP contribution in [0.2, 0.25) is 0 Å². The molecule has 6 heteroatoms. The van der Waals surface area contributed by atoms with Crippen molar-refractivity contribution < 1.29 is 23.1 Å². The Hall–Kier alpha value is -2.50. The molecule has 1 N–H and O–H groups in total. The monoisotopic (exact) mass is 347 g/mol. The minimum Gasteiger partial charge on any atom is -0.463 e. The van der Waals surface area contributed by atoms with Gasteiger partial charge in [-0.2, -0.15) is 0 Å². The fourth-order valence-corrected chi connectivity index (χ4v) is 3.54. The van der Waals surface area contributed by atoms with Crippen molar-refractivity contribution in [2.24, 2.45) is 0 Å². The molecule has 0 amide bonds. The maximum absolute atomic E-state index is 14.5. The quantitative estimate of drug-likeness (QED) is 0.851. The molecule has 0 saturated heterocycles. The van der Waals surface area contributed by atoms with Gasteiger partial charge in [-0.3, -0.25) is 4.79 Å². The molecule has 1 aliphatic heterocycles. The predicted octanol–water partition coefficient (Wildman–Crippen LogP) is 3.50. The van der Waals surface area contributed by atoms with E-state index in [1.807, 2.05) is 0 Å². The van der Waals surface area contributed by atoms with Crippen LogP contribution in [0.3, 0.4) is 0 Å². The van der Waals surface area contributed by atoms with Crippen LogP contribution in [-0.2, 0) is 14.3 Å². The van der Waals surface area contributed by atoms with Crippen molar-refractivity contribution in [1.82, 2.24) is 5.32 Å². The molecule has 1 unspecified atom stereocenters. The van der Waals surface area contributed by atoms with Crippen molar-refractivity contribution in [3.8, 4) is 0 Å². The number of allylic oxidation sites excluding steroid dienone is 3. The number of rotatable bonds is 3. The van der Waals surface area contributed by atoms with Crippen molar-refractivity contribution in [1.29, 1.82) is 0 Å². The van der Waals surface area contributed by atoms with Gasteiger partial charge in [0.05, 0.1) is 18.1 Å². The first-order valence-corrected chi connectivity index (χ1v) is 8.30. The molecule has 132 valence electrons. The van der Waals surface area contributed by atoms with E-state index in [4.69, 9.17) is 4.74 Å². The number of ketones is 1. The fourth-order valence-electron chi connectivity index (χ4n) is 3.54. The maximum Gasteiger partial charge on any atom is 0.336 e. The fraction of sp³-hybridized carbons (Fsp3) is 0.368. The number of Topliss-reactive ketones (excluding diaryl/α,β-unsaturated/α-hetero) is 1. The molecule has 0 aromatic heterocycles. The number of ether oxygens (including phenoxy) is 1. The van der Waals surface area contributed by atoms with Gasteiger partial charge < -0.3 is 10.1 Å². The minimum atomic E-state index is -1.09. The highest BCUT2D eigenvalue weighted by Gasteiger charge is 2.41. The summed E-state index contributed by atoms with van der Waals surface area (Å²) >= 11 is 0. The second-order valence-corrected chi connectivity index (χ2v) is 6.12. The molecular weight excluding hydrogens is 328 g/mol. The molecule has 1 aromatic carbocycles. The van der Waals surface area contributed by atoms with Gasteiger partial charge in [-0.1, -0.05) is 6.07 Å². The van der Waals surface area contributed by atoms with Gasteiger partial charge in [-0.15, -0.1) is 0 Å². The number of nitrogens with one attached hydrogen (secondary N) is 1. The first-order chi connectivity index (χ1) is 12.0. The van der Waals surface area contributed by atoms with Crippen LogP contribution in [0, 0.1) is 11.6 Å². The van der Waals surface area contributed by atoms with E-state index in [2.05, 4.69) is 5.32 Å². The van der Waals surface area contributed by atoms with E-state index in [-0.39, 0.29) is 29.1 Å². The number of esters is 1. The summed E-state index contributed by atoms with van der Waals surface area (Å²) in [5.74, 6) is -3.54. The van der Waals surface area contributed by atoms with Crippen LogP contribution in [0.25, 0.3) is 0 Å². The molecule has 0 spiro atoms. The van der Waals surface area contributed by atoms with Crippen molar-refractivity contribution in [2.75, 3.05) is 6.61 Å². The third-order valence-corrected chi connectivity index (χ3v) is 4.56. The number of dihydropyridines is 1. The molecule has 0 saturated carbocycles. The van der Waals surface area contributed by atoms with E-state index in [1.54, 1.807) is 13.8 Å². The molecule has 4 nitrogen and oxygen atoms in total. The summed E-state index contributed by atoms with van der Waals surface area (Å²) in [6, 6.07) is 3.52. The SMILES string of the molecule is CCOC(=O)C1=C(C)NC2=C(C(=O)CCC2)C1c1c(F)cccc1F. The highest BCUT2D eigenvalue weighted by Crippen LogP contribution is 2.43. The first-order valence-electron chi connectivity index (χ1n) is 8.30. The molecule has 1 aromatic rings. The van der Waals surface area contributed by atoms with Gasteiger partial charge in [-0.25, -0.2) is 13.6 Å². The minimum absolute atomic E-state index is 0.0832. The second kappa shape index (κ2) is 6.78. The molecule has 2 aliphatic rings. The summed E-state index contributed by atoms with van der Waals surface area (Å²) < 4.78 is 34.1. The highest BCUT2D eigenvalue weighted by atomic mass is 19.1. The first kappa shape index (κ1) is 17.3. The Kier molecular flexibility index (Phi) is 4.70. The Labute approximate surface area is 144 Å². The molecule has 0 fully saturated rings. The lowest BCUT2D eigenvalue weighted by Crippen LogP contribution is -2.35. The molecule has 0 radical (unpaired) electrons. The standard InChI is InChI=1S/C19H19F2NO3/c1-3-25-19(24)15-10(2)22-13-8-5-9-14(23)17(13)18(15)16-11(20)6-4-7-12(16)21/h4,6-7,18,22H,3,5,8-9H2,1-2H3. The number of carbonyl (C=O) groups excluding carboxylic acids is 2. The van der Waals surface area contributed by atoms with Crippen LogP contribution >= 0.6 is 0 Å². The van der Waals surface area contributed by atoms with E-state index < -0.39 is 23.5 Å². The maximum atomic E-state index is 14.5. The van der Waals surface area contributed by atoms with Crippen molar-refractivity contribution in [3.63, 3.8) is 0 Å². The zero-order chi connectivity index (χ0) is 18.1. The van der Waals surface area contributed by atoms with Crippen molar-refractivity contribution >= 4 is 11.8 Å². The topological polar surface area (TPSA) is 55.4 Å². The van der Waals surface area contributed by atoms with Crippen molar-refractivity contribution in [2.45, 2.75) is 39.0 Å². The van der Waals surface area contributed by atoms with Gasteiger partial charge in [0.1, 0.15) is 11.6 Å². The average Bonchev–Trinajstić information content (AvgIpc) is 2.54. The van der Waals surface area contributed by atoms with Gasteiger partial charge in [0, 0.05) is 29.0 Å². The van der Waals surface area contributed by atoms with E-state index in [0.29, 0.717) is 30.7 Å². The van der Waals surface area contributed by atoms with E-state index >= 15 is 0 Å². The number of benzene rings is 1. The number of carbonyl (C=O) groups is 2. The van der Waals surface area contributed by atoms with Crippen LogP contribution in [0.1, 0.15) is 44.6 Å². The summed E-state index contributed by atoms with van der Waals surface area (Å²) in [7, 11) is 0. The Bertz CT molecular complexity index is 791. The Morgan fingerprint density at radius 2 is 1.96 bits per heavy atom. The van der Waals surface area contributed by atoms with Gasteiger partial charge >= 0.3 is 5.97 Å². The van der Waals surface area contributed by atoms with Gasteiger partial charge in [-0.05, 0) is 38.8 Å². The lowest BCUT2D eigenvalue weighted by molar-refractivity contribution is -0.138. The average molecular weight is 347 g/mol. The van der Waals surface area contributed by atoms with E-state index in [1.165, 1.54) is 6.07 Å². The van der Waals surface area contributed by atoms with Crippen molar-refractivity contribution in [3.05, 3.63) is 57.9 Å². The van der Waals surface area contributed by atoms with Crippen LogP contribution in [0.4, 0.5) is 8.78 Å². The van der Waals surface area contributed by atoms with E-state index in [9.17, 15) is 18.4 Å². The van der Waals surface area contributed by atoms with Crippen LogP contribution in [0.5, 0.6) is 0 Å². The van der Waals surface area contributed by atoms with Crippen LogP contribution in [0.15, 0.2) is 40.7 Å². The van der Waals surface area contributed by atoms with Gasteiger partial charge in [0.15, 0.2) is 5.78 Å². The smallest absolute Gasteiger partial charge is 0.336 e. The summed E-state index contributed by atoms with van der Waals surface area (Å²) in [5, 5.41) is 3.07. The summed E-state index contributed by atoms with van der Waals surface area (Å²) in [5.41, 5.74) is 1.16. The second-order valence-electron chi connectivity index (χ2n) is 6.12.